The summed E-state index contributed by atoms with van der Waals surface area (Å²) in [4.78, 5) is 14.9. The normalized spacial score (nSPS) is 30.0. The van der Waals surface area contributed by atoms with Crippen LogP contribution in [0.15, 0.2) is 30.5 Å². The lowest BCUT2D eigenvalue weighted by Crippen LogP contribution is -2.61. The zero-order valence-electron chi connectivity index (χ0n) is 22.4. The van der Waals surface area contributed by atoms with Gasteiger partial charge in [0.25, 0.3) is 6.67 Å². The van der Waals surface area contributed by atoms with Gasteiger partial charge in [0.15, 0.2) is 0 Å². The van der Waals surface area contributed by atoms with Gasteiger partial charge in [0.1, 0.15) is 17.5 Å². The third-order valence-corrected chi connectivity index (χ3v) is 9.99. The molecule has 4 aliphatic carbocycles. The Kier molecular flexibility index (Phi) is 7.62. The number of piperidine rings is 1. The number of anilines is 2. The van der Waals surface area contributed by atoms with E-state index in [0.717, 1.165) is 55.8 Å². The number of rotatable bonds is 9. The van der Waals surface area contributed by atoms with E-state index in [1.54, 1.807) is 6.20 Å². The number of nitrogens with one attached hydrogen (secondary N) is 3. The van der Waals surface area contributed by atoms with Crippen molar-refractivity contribution in [3.8, 4) is 6.07 Å². The molecule has 1 aromatic heterocycles. The molecule has 1 saturated heterocycles. The van der Waals surface area contributed by atoms with Crippen LogP contribution in [0.1, 0.15) is 56.1 Å². The summed E-state index contributed by atoms with van der Waals surface area (Å²) < 4.78 is 0. The number of nitrogens with zero attached hydrogens (tertiary/aromatic N) is 5. The zero-order valence-corrected chi connectivity index (χ0v) is 23.1. The lowest BCUT2D eigenvalue weighted by atomic mass is 9.48. The van der Waals surface area contributed by atoms with Crippen LogP contribution >= 0.6 is 11.6 Å². The fourth-order valence-corrected chi connectivity index (χ4v) is 8.27. The lowest BCUT2D eigenvalue weighted by molar-refractivity contribution is -0.0734. The highest BCUT2D eigenvalue weighted by Gasteiger charge is 2.55. The topological polar surface area (TPSA) is 93.3 Å². The average Bonchev–Trinajstić information content (AvgIpc) is 2.94. The van der Waals surface area contributed by atoms with Gasteiger partial charge in [-0.2, -0.15) is 10.2 Å². The molecule has 5 atom stereocenters. The van der Waals surface area contributed by atoms with Crippen molar-refractivity contribution in [3.63, 3.8) is 0 Å². The van der Waals surface area contributed by atoms with Gasteiger partial charge in [-0.1, -0.05) is 29.8 Å². The molecule has 2 heterocycles. The van der Waals surface area contributed by atoms with E-state index >= 15 is 0 Å². The molecule has 9 heteroatoms. The molecule has 1 aromatic carbocycles. The number of nitriles is 1. The molecule has 3 unspecified atom stereocenters. The predicted molar refractivity (Wildman–Crippen MR) is 153 cm³/mol. The average molecular weight is 545 g/mol. The second-order valence-corrected chi connectivity index (χ2v) is 12.6. The molecule has 8 nitrogen and oxygen atoms in total. The molecular weight excluding hydrogens is 508 g/mol. The first-order valence-electron chi connectivity index (χ1n) is 14.3. The zero-order chi connectivity index (χ0) is 26.8. The van der Waals surface area contributed by atoms with Crippen molar-refractivity contribution in [1.29, 1.82) is 5.26 Å². The smallest absolute Gasteiger partial charge is 0.270 e. The van der Waals surface area contributed by atoms with Gasteiger partial charge in [0, 0.05) is 43.3 Å². The summed E-state index contributed by atoms with van der Waals surface area (Å²) in [6.07, 6.45) is 10.4. The number of halogens is 1. The van der Waals surface area contributed by atoms with Gasteiger partial charge in [0.05, 0.1) is 6.20 Å². The van der Waals surface area contributed by atoms with E-state index in [4.69, 9.17) is 18.2 Å². The number of benzene rings is 1. The molecule has 0 spiro atoms. The minimum atomic E-state index is 0.274. The molecule has 4 bridgehead atoms. The molecule has 0 radical (unpaired) electrons. The Morgan fingerprint density at radius 2 is 1.90 bits per heavy atom. The third kappa shape index (κ3) is 5.70. The second-order valence-electron chi connectivity index (χ2n) is 12.2. The van der Waals surface area contributed by atoms with E-state index in [9.17, 15) is 5.26 Å². The van der Waals surface area contributed by atoms with Gasteiger partial charge >= 0.3 is 0 Å². The summed E-state index contributed by atoms with van der Waals surface area (Å²) in [5, 5.41) is 21.4. The maximum absolute atomic E-state index is 9.72. The Labute approximate surface area is 236 Å². The number of hydrogen-bond acceptors (Lipinski definition) is 7. The van der Waals surface area contributed by atoms with Crippen molar-refractivity contribution in [2.75, 3.05) is 36.9 Å². The van der Waals surface area contributed by atoms with Crippen LogP contribution in [0.5, 0.6) is 0 Å². The van der Waals surface area contributed by atoms with Crippen LogP contribution in [0.3, 0.4) is 0 Å². The Morgan fingerprint density at radius 3 is 2.62 bits per heavy atom. The molecular formula is C30H37ClN8. The molecule has 7 rings (SSSR count). The lowest BCUT2D eigenvalue weighted by Gasteiger charge is -2.61. The van der Waals surface area contributed by atoms with Gasteiger partial charge in [-0.3, -0.25) is 4.85 Å². The highest BCUT2D eigenvalue weighted by atomic mass is 35.5. The minimum absolute atomic E-state index is 0.274. The van der Waals surface area contributed by atoms with Crippen LogP contribution in [-0.2, 0) is 6.54 Å². The first-order valence-corrected chi connectivity index (χ1v) is 14.7. The Balaban J connectivity index is 1.08. The van der Waals surface area contributed by atoms with E-state index in [0.29, 0.717) is 47.6 Å². The Bertz CT molecular complexity index is 1240. The standard InChI is InChI=1S/C30H37ClN8/c1-33-19-39-8-6-25(7-9-39)37-27-22-10-20-11-23(27)14-30(12-20,13-22)18-36-28-24(15-32)17-35-29(38-28)34-16-21-4-2-3-5-26(21)31/h2-5,17,20,22-23,25,27,37H,6-14,16,18-19H2,(H2,34,35,36,38)/t20?,22-,23+,27?,30?. The largest absolute Gasteiger partial charge is 0.368 e. The number of likely N-dealkylation sites (tertiary alicyclic amines) is 1. The van der Waals surface area contributed by atoms with Crippen LogP contribution in [0.2, 0.25) is 5.02 Å². The van der Waals surface area contributed by atoms with Crippen molar-refractivity contribution in [3.05, 3.63) is 58.0 Å². The van der Waals surface area contributed by atoms with Gasteiger partial charge in [-0.05, 0) is 79.7 Å². The first-order chi connectivity index (χ1) is 19.0. The molecule has 1 aliphatic heterocycles. The van der Waals surface area contributed by atoms with Crippen molar-refractivity contribution in [2.45, 2.75) is 63.6 Å². The highest BCUT2D eigenvalue weighted by molar-refractivity contribution is 6.31. The Morgan fingerprint density at radius 1 is 1.13 bits per heavy atom. The van der Waals surface area contributed by atoms with Crippen LogP contribution in [0, 0.1) is 41.1 Å². The SMILES string of the molecule is [C-]#[N+]CN1CCC(NC2[C@@H]3CC4C[C@H]2CC(CNc2nc(NCc5ccccc5Cl)ncc2C#N)(C4)C3)CC1. The van der Waals surface area contributed by atoms with Crippen LogP contribution in [0.25, 0.3) is 4.85 Å². The van der Waals surface area contributed by atoms with E-state index < -0.39 is 0 Å². The van der Waals surface area contributed by atoms with Crippen LogP contribution in [0.4, 0.5) is 11.8 Å². The monoisotopic (exact) mass is 544 g/mol. The van der Waals surface area contributed by atoms with E-state index in [1.807, 2.05) is 24.3 Å². The highest BCUT2D eigenvalue weighted by Crippen LogP contribution is 2.60. The summed E-state index contributed by atoms with van der Waals surface area (Å²) in [6.45, 7) is 11.1. The predicted octanol–water partition coefficient (Wildman–Crippen LogP) is 5.15. The fourth-order valence-electron chi connectivity index (χ4n) is 8.07. The Hall–Kier alpha value is -2.91. The molecule has 0 amide bonds. The minimum Gasteiger partial charge on any atom is -0.368 e. The van der Waals surface area contributed by atoms with Crippen molar-refractivity contribution >= 4 is 23.4 Å². The van der Waals surface area contributed by atoms with E-state index in [-0.39, 0.29) is 5.41 Å². The number of hydrogen-bond donors (Lipinski definition) is 3. The second kappa shape index (κ2) is 11.3. The quantitative estimate of drug-likeness (QED) is 0.376. The molecule has 3 N–H and O–H groups in total. The van der Waals surface area contributed by atoms with Crippen molar-refractivity contribution in [2.24, 2.45) is 23.2 Å². The molecule has 4 saturated carbocycles. The summed E-state index contributed by atoms with van der Waals surface area (Å²) in [6, 6.07) is 11.2. The van der Waals surface area contributed by atoms with Gasteiger partial charge in [-0.15, -0.1) is 0 Å². The van der Waals surface area contributed by atoms with Crippen molar-refractivity contribution < 1.29 is 0 Å². The van der Waals surface area contributed by atoms with Crippen LogP contribution in [-0.4, -0.2) is 53.3 Å². The molecule has 2 aromatic rings. The van der Waals surface area contributed by atoms with Gasteiger partial charge in [-0.25, -0.2) is 16.5 Å². The molecule has 204 valence electrons. The molecule has 5 aliphatic rings. The van der Waals surface area contributed by atoms with Crippen molar-refractivity contribution in [1.82, 2.24) is 20.2 Å². The maximum atomic E-state index is 9.72. The number of aromatic nitrogens is 2. The van der Waals surface area contributed by atoms with E-state index in [1.165, 1.54) is 32.1 Å². The van der Waals surface area contributed by atoms with Crippen LogP contribution < -0.4 is 16.0 Å². The van der Waals surface area contributed by atoms with E-state index in [2.05, 4.69) is 41.7 Å². The first kappa shape index (κ1) is 26.3. The van der Waals surface area contributed by atoms with Gasteiger partial charge in [0.2, 0.25) is 5.95 Å². The molecule has 39 heavy (non-hydrogen) atoms. The summed E-state index contributed by atoms with van der Waals surface area (Å²) in [5.74, 6) is 3.39. The summed E-state index contributed by atoms with van der Waals surface area (Å²) in [5.41, 5.74) is 1.73. The summed E-state index contributed by atoms with van der Waals surface area (Å²) >= 11 is 6.30. The fraction of sp³-hybridized carbons (Fsp3) is 0.600. The molecule has 5 fully saturated rings. The third-order valence-electron chi connectivity index (χ3n) is 9.62. The summed E-state index contributed by atoms with van der Waals surface area (Å²) in [7, 11) is 0. The van der Waals surface area contributed by atoms with Gasteiger partial charge < -0.3 is 16.0 Å². The maximum Gasteiger partial charge on any atom is 0.270 e.